The number of fused-ring (bicyclic) bond motifs is 1. The van der Waals surface area contributed by atoms with Crippen molar-refractivity contribution in [3.8, 4) is 5.75 Å². The van der Waals surface area contributed by atoms with Gasteiger partial charge in [-0.05, 0) is 53.1 Å². The van der Waals surface area contributed by atoms with Crippen LogP contribution in [-0.2, 0) is 4.74 Å². The predicted molar refractivity (Wildman–Crippen MR) is 99.5 cm³/mol. The van der Waals surface area contributed by atoms with Crippen LogP contribution >= 0.6 is 0 Å². The summed E-state index contributed by atoms with van der Waals surface area (Å²) in [4.78, 5) is 22.8. The Bertz CT molecular complexity index is 970. The number of carbonyl (C=O) groups is 1. The normalized spacial score (nSPS) is 10.6. The van der Waals surface area contributed by atoms with Crippen molar-refractivity contribution >= 4 is 28.4 Å². The summed E-state index contributed by atoms with van der Waals surface area (Å²) in [6.45, 7) is 2.83. The first kappa shape index (κ1) is 19.1. The number of nitrogens with zero attached hydrogens (tertiary/aromatic N) is 3. The summed E-state index contributed by atoms with van der Waals surface area (Å²) in [5, 5.41) is 21.3. The lowest BCUT2D eigenvalue weighted by molar-refractivity contribution is -0.382. The van der Waals surface area contributed by atoms with Crippen LogP contribution in [-0.4, -0.2) is 41.0 Å². The Morgan fingerprint density at radius 1 is 1.18 bits per heavy atom. The van der Waals surface area contributed by atoms with Gasteiger partial charge in [0.2, 0.25) is 5.52 Å². The minimum Gasteiger partial charge on any atom is -0.494 e. The van der Waals surface area contributed by atoms with Gasteiger partial charge in [-0.3, -0.25) is 10.1 Å². The Balaban J connectivity index is 1.54. The monoisotopic (exact) mass is 386 g/mol. The third-order valence-electron chi connectivity index (χ3n) is 3.80. The van der Waals surface area contributed by atoms with Crippen molar-refractivity contribution in [1.29, 1.82) is 0 Å². The highest BCUT2D eigenvalue weighted by Crippen LogP contribution is 2.31. The number of nitro benzene ring substituents is 1. The molecule has 28 heavy (non-hydrogen) atoms. The van der Waals surface area contributed by atoms with Gasteiger partial charge in [0.05, 0.1) is 17.1 Å². The molecule has 3 rings (SSSR count). The highest BCUT2D eigenvalue weighted by atomic mass is 16.6. The van der Waals surface area contributed by atoms with Crippen LogP contribution < -0.4 is 10.1 Å². The molecule has 0 aliphatic rings. The molecule has 0 radical (unpaired) electrons. The second kappa shape index (κ2) is 8.80. The molecule has 0 spiro atoms. The molecule has 0 fully saturated rings. The van der Waals surface area contributed by atoms with Crippen molar-refractivity contribution in [2.24, 2.45) is 0 Å². The maximum atomic E-state index is 12.1. The van der Waals surface area contributed by atoms with Gasteiger partial charge in [0.1, 0.15) is 23.6 Å². The Morgan fingerprint density at radius 3 is 2.68 bits per heavy atom. The van der Waals surface area contributed by atoms with Gasteiger partial charge in [0, 0.05) is 6.54 Å². The van der Waals surface area contributed by atoms with Crippen LogP contribution in [0.25, 0.3) is 11.0 Å². The molecule has 10 nitrogen and oxygen atoms in total. The number of benzene rings is 2. The van der Waals surface area contributed by atoms with Crippen LogP contribution in [0.2, 0.25) is 0 Å². The van der Waals surface area contributed by atoms with Crippen molar-refractivity contribution in [1.82, 2.24) is 10.3 Å². The lowest BCUT2D eigenvalue weighted by Crippen LogP contribution is -2.14. The maximum Gasteiger partial charge on any atom is 0.338 e. The molecule has 0 amide bonds. The Labute approximate surface area is 159 Å². The van der Waals surface area contributed by atoms with Crippen molar-refractivity contribution in [3.05, 3.63) is 52.1 Å². The molecule has 1 heterocycles. The SMILES string of the molecule is CCCOc1ccc(C(=O)OCCNc2ccc3nonc3c2[N+](=O)[O-])cc1. The van der Waals surface area contributed by atoms with Crippen LogP contribution in [0.1, 0.15) is 23.7 Å². The third-order valence-corrected chi connectivity index (χ3v) is 3.80. The summed E-state index contributed by atoms with van der Waals surface area (Å²) in [7, 11) is 0. The lowest BCUT2D eigenvalue weighted by Gasteiger charge is -2.09. The van der Waals surface area contributed by atoms with Gasteiger partial charge >= 0.3 is 11.7 Å². The van der Waals surface area contributed by atoms with E-state index in [0.717, 1.165) is 6.42 Å². The summed E-state index contributed by atoms with van der Waals surface area (Å²) in [5.74, 6) is 0.194. The zero-order valence-corrected chi connectivity index (χ0v) is 15.1. The summed E-state index contributed by atoms with van der Waals surface area (Å²) in [6.07, 6.45) is 0.898. The first-order valence-corrected chi connectivity index (χ1v) is 8.63. The summed E-state index contributed by atoms with van der Waals surface area (Å²) < 4.78 is 15.2. The highest BCUT2D eigenvalue weighted by Gasteiger charge is 2.22. The molecule has 0 saturated carbocycles. The predicted octanol–water partition coefficient (Wildman–Crippen LogP) is 3.19. The molecule has 0 aliphatic carbocycles. The standard InChI is InChI=1S/C18H18N4O6/c1-2-10-26-13-5-3-12(4-6-13)18(23)27-11-9-19-15-8-7-14-16(21-28-20-14)17(15)22(24)25/h3-8,19H,2,9-11H2,1H3. The van der Waals surface area contributed by atoms with Crippen molar-refractivity contribution < 1.29 is 23.8 Å². The topological polar surface area (TPSA) is 130 Å². The van der Waals surface area contributed by atoms with E-state index in [9.17, 15) is 14.9 Å². The van der Waals surface area contributed by atoms with E-state index in [1.807, 2.05) is 6.92 Å². The largest absolute Gasteiger partial charge is 0.494 e. The van der Waals surface area contributed by atoms with Gasteiger partial charge < -0.3 is 14.8 Å². The van der Waals surface area contributed by atoms with Crippen molar-refractivity contribution in [2.45, 2.75) is 13.3 Å². The van der Waals surface area contributed by atoms with Crippen molar-refractivity contribution in [2.75, 3.05) is 25.1 Å². The number of hydrogen-bond acceptors (Lipinski definition) is 9. The van der Waals surface area contributed by atoms with Crippen LogP contribution in [0.3, 0.4) is 0 Å². The minimum atomic E-state index is -0.566. The van der Waals surface area contributed by atoms with Crippen LogP contribution in [0, 0.1) is 10.1 Å². The van der Waals surface area contributed by atoms with Gasteiger partial charge in [0.25, 0.3) is 0 Å². The molecule has 0 saturated heterocycles. The van der Waals surface area contributed by atoms with E-state index in [-0.39, 0.29) is 35.6 Å². The summed E-state index contributed by atoms with van der Waals surface area (Å²) >= 11 is 0. The number of hydrogen-bond donors (Lipinski definition) is 1. The molecule has 10 heteroatoms. The third kappa shape index (κ3) is 4.34. The van der Waals surface area contributed by atoms with Crippen LogP contribution in [0.4, 0.5) is 11.4 Å². The molecule has 1 N–H and O–H groups in total. The fraction of sp³-hybridized carbons (Fsp3) is 0.278. The molecule has 0 atom stereocenters. The molecule has 146 valence electrons. The first-order valence-electron chi connectivity index (χ1n) is 8.63. The van der Waals surface area contributed by atoms with E-state index >= 15 is 0 Å². The van der Waals surface area contributed by atoms with E-state index in [1.165, 1.54) is 6.07 Å². The van der Waals surface area contributed by atoms with E-state index < -0.39 is 10.9 Å². The highest BCUT2D eigenvalue weighted by molar-refractivity contribution is 5.91. The average Bonchev–Trinajstić information content (AvgIpc) is 3.18. The lowest BCUT2D eigenvalue weighted by atomic mass is 10.2. The molecular formula is C18H18N4O6. The molecule has 1 aromatic heterocycles. The van der Waals surface area contributed by atoms with Crippen LogP contribution in [0.15, 0.2) is 41.0 Å². The smallest absolute Gasteiger partial charge is 0.338 e. The van der Waals surface area contributed by atoms with Crippen LogP contribution in [0.5, 0.6) is 5.75 Å². The second-order valence-corrected chi connectivity index (χ2v) is 5.79. The molecule has 3 aromatic rings. The zero-order chi connectivity index (χ0) is 19.9. The van der Waals surface area contributed by atoms with E-state index in [0.29, 0.717) is 17.9 Å². The molecule has 0 aliphatic heterocycles. The van der Waals surface area contributed by atoms with Gasteiger partial charge in [-0.25, -0.2) is 9.42 Å². The summed E-state index contributed by atoms with van der Waals surface area (Å²) in [6, 6.07) is 9.70. The Kier molecular flexibility index (Phi) is 6.00. The number of ether oxygens (including phenoxy) is 2. The zero-order valence-electron chi connectivity index (χ0n) is 15.1. The quantitative estimate of drug-likeness (QED) is 0.255. The van der Waals surface area contributed by atoms with E-state index in [2.05, 4.69) is 20.3 Å². The molecule has 0 bridgehead atoms. The number of aromatic nitrogens is 2. The Morgan fingerprint density at radius 2 is 1.96 bits per heavy atom. The first-order chi connectivity index (χ1) is 13.6. The number of rotatable bonds is 9. The molecular weight excluding hydrogens is 368 g/mol. The average molecular weight is 386 g/mol. The number of anilines is 1. The number of esters is 1. The summed E-state index contributed by atoms with van der Waals surface area (Å²) in [5.41, 5.74) is 0.728. The second-order valence-electron chi connectivity index (χ2n) is 5.79. The minimum absolute atomic E-state index is 0.0270. The van der Waals surface area contributed by atoms with Gasteiger partial charge in [-0.1, -0.05) is 6.92 Å². The fourth-order valence-electron chi connectivity index (χ4n) is 2.49. The number of carbonyl (C=O) groups excluding carboxylic acids is 1. The van der Waals surface area contributed by atoms with Gasteiger partial charge in [0.15, 0.2) is 0 Å². The van der Waals surface area contributed by atoms with E-state index in [4.69, 9.17) is 9.47 Å². The number of nitrogens with one attached hydrogen (secondary N) is 1. The van der Waals surface area contributed by atoms with Gasteiger partial charge in [-0.2, -0.15) is 0 Å². The number of nitro groups is 1. The maximum absolute atomic E-state index is 12.1. The Hall–Kier alpha value is -3.69. The van der Waals surface area contributed by atoms with E-state index in [1.54, 1.807) is 30.3 Å². The van der Waals surface area contributed by atoms with Gasteiger partial charge in [-0.15, -0.1) is 0 Å². The van der Waals surface area contributed by atoms with Crippen molar-refractivity contribution in [3.63, 3.8) is 0 Å². The fourth-order valence-corrected chi connectivity index (χ4v) is 2.49. The molecule has 0 unspecified atom stereocenters. The molecule has 2 aromatic carbocycles.